The Labute approximate surface area is 218 Å². The highest BCUT2D eigenvalue weighted by molar-refractivity contribution is 5.63. The van der Waals surface area contributed by atoms with Crippen molar-refractivity contribution in [2.45, 2.75) is 37.9 Å². The van der Waals surface area contributed by atoms with Gasteiger partial charge in [0.15, 0.2) is 0 Å². The van der Waals surface area contributed by atoms with Gasteiger partial charge in [0.05, 0.1) is 17.8 Å². The zero-order chi connectivity index (χ0) is 26.2. The third kappa shape index (κ3) is 4.30. The van der Waals surface area contributed by atoms with E-state index < -0.39 is 5.95 Å². The van der Waals surface area contributed by atoms with E-state index in [1.165, 1.54) is 6.07 Å². The molecular weight excluding hydrogens is 481 g/mol. The lowest BCUT2D eigenvalue weighted by atomic mass is 10.1. The smallest absolute Gasteiger partial charge is 0.267 e. The first-order valence-electron chi connectivity index (χ1n) is 12.8. The van der Waals surface area contributed by atoms with Crippen LogP contribution < -0.4 is 32.5 Å². The topological polar surface area (TPSA) is 100 Å². The summed E-state index contributed by atoms with van der Waals surface area (Å²) in [4.78, 5) is 22.3. The molecule has 1 fully saturated rings. The van der Waals surface area contributed by atoms with Crippen LogP contribution in [0.4, 0.5) is 10.1 Å². The van der Waals surface area contributed by atoms with Crippen LogP contribution in [-0.4, -0.2) is 20.2 Å². The van der Waals surface area contributed by atoms with Crippen molar-refractivity contribution in [1.82, 2.24) is 19.4 Å². The molecule has 1 aliphatic heterocycles. The second-order valence-corrected chi connectivity index (χ2v) is 9.71. The molecule has 1 saturated carbocycles. The van der Waals surface area contributed by atoms with Crippen molar-refractivity contribution in [3.05, 3.63) is 111 Å². The molecule has 6 rings (SSSR count). The van der Waals surface area contributed by atoms with Crippen LogP contribution >= 0.6 is 0 Å². The number of hydrogen-bond donors (Lipinski definition) is 3. The van der Waals surface area contributed by atoms with Gasteiger partial charge in [-0.25, -0.2) is 9.98 Å². The molecule has 0 amide bonds. The van der Waals surface area contributed by atoms with Crippen molar-refractivity contribution in [1.29, 1.82) is 5.41 Å². The van der Waals surface area contributed by atoms with E-state index in [1.807, 2.05) is 59.2 Å². The number of anilines is 1. The van der Waals surface area contributed by atoms with E-state index in [4.69, 9.17) is 10.4 Å². The molecule has 9 heteroatoms. The van der Waals surface area contributed by atoms with Crippen molar-refractivity contribution in [2.75, 3.05) is 5.32 Å². The summed E-state index contributed by atoms with van der Waals surface area (Å²) in [5, 5.41) is 16.1. The Morgan fingerprint density at radius 2 is 1.84 bits per heavy atom. The van der Waals surface area contributed by atoms with Crippen LogP contribution in [-0.2, 0) is 13.6 Å². The first-order chi connectivity index (χ1) is 18.5. The molecule has 2 atom stereocenters. The third-order valence-electron chi connectivity index (χ3n) is 7.30. The van der Waals surface area contributed by atoms with Crippen LogP contribution in [0.3, 0.4) is 0 Å². The van der Waals surface area contributed by atoms with Crippen molar-refractivity contribution in [3.63, 3.8) is 0 Å². The number of fused-ring (bicyclic) bond motifs is 3. The Morgan fingerprint density at radius 3 is 2.61 bits per heavy atom. The Balaban J connectivity index is 1.40. The van der Waals surface area contributed by atoms with Gasteiger partial charge < -0.3 is 10.6 Å². The average molecular weight is 510 g/mol. The van der Waals surface area contributed by atoms with Crippen LogP contribution in [0.2, 0.25) is 0 Å². The van der Waals surface area contributed by atoms with Crippen molar-refractivity contribution < 1.29 is 4.39 Å². The largest absolute Gasteiger partial charge is 0.367 e. The van der Waals surface area contributed by atoms with Gasteiger partial charge in [-0.2, -0.15) is 4.39 Å². The second-order valence-electron chi connectivity index (χ2n) is 9.71. The van der Waals surface area contributed by atoms with Crippen molar-refractivity contribution in [2.24, 2.45) is 12.0 Å². The summed E-state index contributed by atoms with van der Waals surface area (Å²) >= 11 is 0. The first-order valence-corrected chi connectivity index (χ1v) is 12.8. The fourth-order valence-corrected chi connectivity index (χ4v) is 5.36. The Bertz CT molecular complexity index is 1740. The van der Waals surface area contributed by atoms with Crippen LogP contribution in [0.5, 0.6) is 0 Å². The highest BCUT2D eigenvalue weighted by Crippen LogP contribution is 2.32. The highest BCUT2D eigenvalue weighted by Gasteiger charge is 2.34. The SMILES string of the molecule is Cn1c(=O)/c(=C(/NCc2ccc(-c3cccc(F)n3)cc2)Nc2ccccc2)c(=N)n2c1=NC1CCCC12. The predicted molar refractivity (Wildman–Crippen MR) is 143 cm³/mol. The molecule has 0 spiro atoms. The van der Waals surface area contributed by atoms with E-state index in [-0.39, 0.29) is 28.3 Å². The fourth-order valence-electron chi connectivity index (χ4n) is 5.36. The number of aromatic nitrogens is 3. The predicted octanol–water partition coefficient (Wildman–Crippen LogP) is 2.56. The summed E-state index contributed by atoms with van der Waals surface area (Å²) in [6.45, 7) is 0.410. The normalized spacial score (nSPS) is 18.4. The van der Waals surface area contributed by atoms with E-state index in [2.05, 4.69) is 15.6 Å². The molecule has 2 aliphatic rings. The maximum absolute atomic E-state index is 13.6. The monoisotopic (exact) mass is 509 g/mol. The molecule has 0 radical (unpaired) electrons. The number of rotatable bonds is 6. The molecule has 2 aromatic heterocycles. The Hall–Kier alpha value is -4.53. The Kier molecular flexibility index (Phi) is 6.11. The number of benzene rings is 2. The van der Waals surface area contributed by atoms with Gasteiger partial charge in [-0.15, -0.1) is 0 Å². The zero-order valence-electron chi connectivity index (χ0n) is 21.0. The summed E-state index contributed by atoms with van der Waals surface area (Å²) in [7, 11) is 1.72. The molecule has 2 unspecified atom stereocenters. The van der Waals surface area contributed by atoms with Crippen LogP contribution in [0, 0.1) is 11.4 Å². The summed E-state index contributed by atoms with van der Waals surface area (Å²) in [5.41, 5.74) is 3.60. The van der Waals surface area contributed by atoms with E-state index in [0.29, 0.717) is 23.7 Å². The van der Waals surface area contributed by atoms with Gasteiger partial charge in [-0.05, 0) is 49.1 Å². The number of nitrogens with zero attached hydrogens (tertiary/aromatic N) is 4. The van der Waals surface area contributed by atoms with E-state index >= 15 is 0 Å². The van der Waals surface area contributed by atoms with Gasteiger partial charge >= 0.3 is 0 Å². The number of nitrogens with one attached hydrogen (secondary N) is 3. The lowest BCUT2D eigenvalue weighted by molar-refractivity contribution is 0.465. The minimum absolute atomic E-state index is 0.116. The lowest BCUT2D eigenvalue weighted by Crippen LogP contribution is -2.59. The lowest BCUT2D eigenvalue weighted by Gasteiger charge is -2.17. The molecule has 38 heavy (non-hydrogen) atoms. The summed E-state index contributed by atoms with van der Waals surface area (Å²) in [5.74, 6) is -0.0504. The minimum atomic E-state index is -0.517. The Morgan fingerprint density at radius 1 is 1.05 bits per heavy atom. The van der Waals surface area contributed by atoms with E-state index in [1.54, 1.807) is 23.7 Å². The molecule has 0 bridgehead atoms. The van der Waals surface area contributed by atoms with Crippen LogP contribution in [0.15, 0.2) is 82.6 Å². The molecule has 3 N–H and O–H groups in total. The van der Waals surface area contributed by atoms with E-state index in [0.717, 1.165) is 36.1 Å². The van der Waals surface area contributed by atoms with E-state index in [9.17, 15) is 9.18 Å². The third-order valence-corrected chi connectivity index (χ3v) is 7.30. The standard InChI is InChI=1S/C29H28FN7O/c1-36-28(38)25(26(31)37-23-11-5-10-22(23)35-29(36)37)27(33-20-7-3-2-4-8-20)32-17-18-13-15-19(16-14-18)21-9-6-12-24(30)34-21/h2-4,6-9,12-16,22-23,31-33H,5,10-11,17H2,1H3/b27-25-,31-26?. The van der Waals surface area contributed by atoms with Crippen molar-refractivity contribution in [3.8, 4) is 11.3 Å². The van der Waals surface area contributed by atoms with Gasteiger partial charge in [0.25, 0.3) is 5.56 Å². The maximum Gasteiger partial charge on any atom is 0.267 e. The summed E-state index contributed by atoms with van der Waals surface area (Å²) in [6, 6.07) is 22.2. The van der Waals surface area contributed by atoms with Gasteiger partial charge in [-0.3, -0.25) is 19.3 Å². The van der Waals surface area contributed by atoms with Crippen LogP contribution in [0.25, 0.3) is 17.1 Å². The number of halogens is 1. The average Bonchev–Trinajstić information content (AvgIpc) is 3.53. The molecule has 0 saturated heterocycles. The minimum Gasteiger partial charge on any atom is -0.367 e. The maximum atomic E-state index is 13.6. The molecule has 2 aromatic carbocycles. The molecule has 8 nitrogen and oxygen atoms in total. The van der Waals surface area contributed by atoms with Gasteiger partial charge in [-0.1, -0.05) is 48.5 Å². The van der Waals surface area contributed by atoms with Crippen LogP contribution in [0.1, 0.15) is 30.9 Å². The first kappa shape index (κ1) is 23.8. The second kappa shape index (κ2) is 9.74. The fraction of sp³-hybridized carbons (Fsp3) is 0.241. The number of hydrogen-bond acceptors (Lipinski definition) is 6. The molecule has 4 aromatic rings. The summed E-state index contributed by atoms with van der Waals surface area (Å²) < 4.78 is 17.0. The quantitative estimate of drug-likeness (QED) is 0.348. The van der Waals surface area contributed by atoms with Gasteiger partial charge in [0.1, 0.15) is 16.5 Å². The number of para-hydroxylation sites is 1. The zero-order valence-corrected chi connectivity index (χ0v) is 21.0. The van der Waals surface area contributed by atoms with Gasteiger partial charge in [0, 0.05) is 24.8 Å². The molecular formula is C29H28FN7O. The molecule has 192 valence electrons. The number of pyridine rings is 1. The van der Waals surface area contributed by atoms with Gasteiger partial charge in [0.2, 0.25) is 11.6 Å². The summed E-state index contributed by atoms with van der Waals surface area (Å²) in [6.07, 6.45) is 3.01. The van der Waals surface area contributed by atoms with Crippen molar-refractivity contribution >= 4 is 11.5 Å². The molecule has 3 heterocycles. The highest BCUT2D eigenvalue weighted by atomic mass is 19.1. The molecule has 1 aliphatic carbocycles.